The number of hydroxylamine groups is 2. The van der Waals surface area contributed by atoms with Gasteiger partial charge in [-0.05, 0) is 24.3 Å². The van der Waals surface area contributed by atoms with Crippen molar-refractivity contribution in [1.82, 2.24) is 9.96 Å². The second-order valence-electron chi connectivity index (χ2n) is 5.83. The lowest BCUT2D eigenvalue weighted by Gasteiger charge is -2.29. The van der Waals surface area contributed by atoms with Gasteiger partial charge in [-0.3, -0.25) is 5.21 Å². The summed E-state index contributed by atoms with van der Waals surface area (Å²) in [7, 11) is 3.13. The van der Waals surface area contributed by atoms with Crippen LogP contribution < -0.4 is 14.2 Å². The van der Waals surface area contributed by atoms with Crippen LogP contribution in [0.4, 0.5) is 4.79 Å². The fraction of sp³-hybridized carbons (Fsp3) is 0.278. The van der Waals surface area contributed by atoms with Crippen LogP contribution >= 0.6 is 0 Å². The van der Waals surface area contributed by atoms with Crippen molar-refractivity contribution in [3.8, 4) is 23.0 Å². The molecule has 0 aromatic heterocycles. The number of carbonyl (C=O) groups excluding carboxylic acids is 1. The first kappa shape index (κ1) is 16.9. The van der Waals surface area contributed by atoms with Gasteiger partial charge >= 0.3 is 6.03 Å². The van der Waals surface area contributed by atoms with E-state index in [1.165, 1.54) is 4.90 Å². The van der Waals surface area contributed by atoms with E-state index in [9.17, 15) is 10.0 Å². The lowest BCUT2D eigenvalue weighted by molar-refractivity contribution is -0.0815. The fourth-order valence-corrected chi connectivity index (χ4v) is 2.37. The molecule has 1 aliphatic heterocycles. The molecule has 7 nitrogen and oxygen atoms in total. The number of ether oxygens (including phenoxy) is 3. The van der Waals surface area contributed by atoms with Crippen molar-refractivity contribution in [3.05, 3.63) is 48.5 Å². The van der Waals surface area contributed by atoms with Gasteiger partial charge < -0.3 is 19.1 Å². The van der Waals surface area contributed by atoms with Crippen LogP contribution in [0.25, 0.3) is 0 Å². The van der Waals surface area contributed by atoms with Crippen molar-refractivity contribution in [2.75, 3.05) is 27.2 Å². The minimum atomic E-state index is -0.513. The molecule has 3 rings (SSSR count). The number of fused-ring (bicyclic) bond motifs is 1. The molecule has 0 saturated heterocycles. The second kappa shape index (κ2) is 7.31. The molecule has 0 spiro atoms. The molecule has 1 N–H and O–H groups in total. The van der Waals surface area contributed by atoms with Gasteiger partial charge in [0.1, 0.15) is 18.1 Å². The third kappa shape index (κ3) is 4.13. The maximum atomic E-state index is 11.7. The molecular formula is C18H20N2O5. The van der Waals surface area contributed by atoms with Crippen LogP contribution in [0.3, 0.4) is 0 Å². The van der Waals surface area contributed by atoms with E-state index in [1.54, 1.807) is 32.3 Å². The highest BCUT2D eigenvalue weighted by Gasteiger charge is 2.26. The Kier molecular flexibility index (Phi) is 4.95. The summed E-state index contributed by atoms with van der Waals surface area (Å²) in [6.07, 6.45) is -0.456. The SMILES string of the molecule is CN(C)C(=O)N(O)CC1COc2cc(Oc3ccccc3)ccc2O1. The van der Waals surface area contributed by atoms with E-state index in [4.69, 9.17) is 14.2 Å². The minimum absolute atomic E-state index is 0.0126. The predicted octanol–water partition coefficient (Wildman–Crippen LogP) is 2.99. The first-order valence-corrected chi connectivity index (χ1v) is 7.87. The fourth-order valence-electron chi connectivity index (χ4n) is 2.37. The van der Waals surface area contributed by atoms with Crippen LogP contribution in [0.1, 0.15) is 0 Å². The van der Waals surface area contributed by atoms with Gasteiger partial charge in [0.05, 0.1) is 6.54 Å². The molecular weight excluding hydrogens is 324 g/mol. The van der Waals surface area contributed by atoms with Gasteiger partial charge in [0, 0.05) is 20.2 Å². The van der Waals surface area contributed by atoms with Crippen molar-refractivity contribution in [2.45, 2.75) is 6.10 Å². The molecule has 0 bridgehead atoms. The molecule has 0 fully saturated rings. The third-order valence-electron chi connectivity index (χ3n) is 3.59. The largest absolute Gasteiger partial charge is 0.486 e. The molecule has 0 radical (unpaired) electrons. The summed E-state index contributed by atoms with van der Waals surface area (Å²) in [5, 5.41) is 10.4. The van der Waals surface area contributed by atoms with Gasteiger partial charge in [-0.15, -0.1) is 0 Å². The molecule has 25 heavy (non-hydrogen) atoms. The zero-order valence-corrected chi connectivity index (χ0v) is 14.1. The maximum Gasteiger partial charge on any atom is 0.343 e. The van der Waals surface area contributed by atoms with Crippen molar-refractivity contribution in [1.29, 1.82) is 0 Å². The Morgan fingerprint density at radius 1 is 1.16 bits per heavy atom. The highest BCUT2D eigenvalue weighted by atomic mass is 16.6. The highest BCUT2D eigenvalue weighted by molar-refractivity contribution is 5.72. The van der Waals surface area contributed by atoms with Gasteiger partial charge in [-0.25, -0.2) is 9.86 Å². The molecule has 132 valence electrons. The Labute approximate surface area is 145 Å². The maximum absolute atomic E-state index is 11.7. The van der Waals surface area contributed by atoms with Crippen LogP contribution in [0.5, 0.6) is 23.0 Å². The number of carbonyl (C=O) groups is 1. The molecule has 1 atom stereocenters. The number of hydrogen-bond acceptors (Lipinski definition) is 5. The van der Waals surface area contributed by atoms with Gasteiger partial charge in [-0.2, -0.15) is 0 Å². The van der Waals surface area contributed by atoms with Crippen molar-refractivity contribution >= 4 is 6.03 Å². The molecule has 0 saturated carbocycles. The molecule has 1 aliphatic rings. The van der Waals surface area contributed by atoms with Gasteiger partial charge in [0.15, 0.2) is 17.6 Å². The summed E-state index contributed by atoms with van der Waals surface area (Å²) in [5.41, 5.74) is 0. The summed E-state index contributed by atoms with van der Waals surface area (Å²) >= 11 is 0. The summed E-state index contributed by atoms with van der Waals surface area (Å²) in [5.74, 6) is 2.48. The summed E-state index contributed by atoms with van der Waals surface area (Å²) in [4.78, 5) is 13.0. The smallest absolute Gasteiger partial charge is 0.343 e. The number of amides is 2. The quantitative estimate of drug-likeness (QED) is 0.682. The highest BCUT2D eigenvalue weighted by Crippen LogP contribution is 2.36. The first-order valence-electron chi connectivity index (χ1n) is 7.87. The number of benzene rings is 2. The average molecular weight is 344 g/mol. The van der Waals surface area contributed by atoms with Crippen LogP contribution in [0, 0.1) is 0 Å². The molecule has 1 heterocycles. The average Bonchev–Trinajstić information content (AvgIpc) is 2.62. The summed E-state index contributed by atoms with van der Waals surface area (Å²) in [6, 6.07) is 14.2. The Hall–Kier alpha value is -2.93. The van der Waals surface area contributed by atoms with Crippen molar-refractivity contribution < 1.29 is 24.2 Å². The first-order chi connectivity index (χ1) is 12.0. The summed E-state index contributed by atoms with van der Waals surface area (Å²) in [6.45, 7) is 0.234. The van der Waals surface area contributed by atoms with Crippen molar-refractivity contribution in [3.63, 3.8) is 0 Å². The lowest BCUT2D eigenvalue weighted by Crippen LogP contribution is -2.45. The van der Waals surface area contributed by atoms with Gasteiger partial charge in [0.25, 0.3) is 0 Å². The van der Waals surface area contributed by atoms with Crippen LogP contribution in [0.2, 0.25) is 0 Å². The molecule has 1 unspecified atom stereocenters. The molecule has 2 aromatic rings. The van der Waals surface area contributed by atoms with Crippen molar-refractivity contribution in [2.24, 2.45) is 0 Å². The predicted molar refractivity (Wildman–Crippen MR) is 90.4 cm³/mol. The van der Waals surface area contributed by atoms with E-state index in [1.807, 2.05) is 30.3 Å². The number of urea groups is 1. The van der Waals surface area contributed by atoms with E-state index < -0.39 is 12.1 Å². The Morgan fingerprint density at radius 2 is 1.92 bits per heavy atom. The van der Waals surface area contributed by atoms with Gasteiger partial charge in [0.2, 0.25) is 0 Å². The number of nitrogens with zero attached hydrogens (tertiary/aromatic N) is 2. The number of hydrogen-bond donors (Lipinski definition) is 1. The Morgan fingerprint density at radius 3 is 2.64 bits per heavy atom. The zero-order valence-electron chi connectivity index (χ0n) is 14.1. The third-order valence-corrected chi connectivity index (χ3v) is 3.59. The zero-order chi connectivity index (χ0) is 17.8. The molecule has 0 aliphatic carbocycles. The lowest BCUT2D eigenvalue weighted by atomic mass is 10.2. The van der Waals surface area contributed by atoms with E-state index >= 15 is 0 Å². The standard InChI is InChI=1S/C18H20N2O5/c1-19(2)18(21)20(22)11-15-12-23-17-10-14(8-9-16(17)25-15)24-13-6-4-3-5-7-13/h3-10,15,22H,11-12H2,1-2H3. The van der Waals surface area contributed by atoms with Crippen LogP contribution in [-0.2, 0) is 0 Å². The molecule has 7 heteroatoms. The Balaban J connectivity index is 1.63. The number of para-hydroxylation sites is 1. The topological polar surface area (TPSA) is 71.5 Å². The summed E-state index contributed by atoms with van der Waals surface area (Å²) < 4.78 is 17.2. The van der Waals surface area contributed by atoms with Gasteiger partial charge in [-0.1, -0.05) is 18.2 Å². The van der Waals surface area contributed by atoms with E-state index in [2.05, 4.69) is 0 Å². The Bertz CT molecular complexity index is 736. The minimum Gasteiger partial charge on any atom is -0.486 e. The molecule has 2 amide bonds. The van der Waals surface area contributed by atoms with Crippen LogP contribution in [-0.4, -0.2) is 54.6 Å². The normalized spacial score (nSPS) is 15.4. The monoisotopic (exact) mass is 344 g/mol. The second-order valence-corrected chi connectivity index (χ2v) is 5.83. The molecule has 2 aromatic carbocycles. The van der Waals surface area contributed by atoms with Crippen LogP contribution in [0.15, 0.2) is 48.5 Å². The van der Waals surface area contributed by atoms with E-state index in [0.29, 0.717) is 22.3 Å². The van der Waals surface area contributed by atoms with E-state index in [-0.39, 0.29) is 13.2 Å². The number of rotatable bonds is 4. The van der Waals surface area contributed by atoms with E-state index in [0.717, 1.165) is 5.75 Å².